The van der Waals surface area contributed by atoms with Gasteiger partial charge in [-0.15, -0.1) is 0 Å². The summed E-state index contributed by atoms with van der Waals surface area (Å²) in [6.07, 6.45) is -1.39. The Morgan fingerprint density at radius 1 is 1.08 bits per heavy atom. The van der Waals surface area contributed by atoms with Crippen LogP contribution in [0.25, 0.3) is 10.8 Å². The van der Waals surface area contributed by atoms with Crippen molar-refractivity contribution in [3.8, 4) is 11.6 Å². The van der Waals surface area contributed by atoms with Crippen LogP contribution in [0.15, 0.2) is 36.4 Å². The first kappa shape index (κ1) is 44.7. The van der Waals surface area contributed by atoms with Gasteiger partial charge in [-0.05, 0) is 101 Å². The molecule has 4 aliphatic rings. The Morgan fingerprint density at radius 2 is 1.78 bits per heavy atom. The highest BCUT2D eigenvalue weighted by atomic mass is 32.2. The quantitative estimate of drug-likeness (QED) is 0.289. The van der Waals surface area contributed by atoms with Gasteiger partial charge in [-0.2, -0.15) is 18.2 Å². The molecule has 6 rings (SSSR count). The maximum atomic E-state index is 14.9. The van der Waals surface area contributed by atoms with Crippen molar-refractivity contribution >= 4 is 50.4 Å². The summed E-state index contributed by atoms with van der Waals surface area (Å²) in [5, 5.41) is 6.54. The van der Waals surface area contributed by atoms with Crippen LogP contribution < -0.4 is 29.7 Å². The maximum absolute atomic E-state index is 14.9. The van der Waals surface area contributed by atoms with Gasteiger partial charge >= 0.3 is 12.3 Å². The second kappa shape index (κ2) is 16.2. The number of rotatable bonds is 9. The van der Waals surface area contributed by atoms with Crippen molar-refractivity contribution in [1.82, 2.24) is 25.2 Å². The predicted molar refractivity (Wildman–Crippen MR) is 216 cm³/mol. The van der Waals surface area contributed by atoms with Crippen molar-refractivity contribution in [2.24, 2.45) is 17.8 Å². The fourth-order valence-corrected chi connectivity index (χ4v) is 9.15. The first-order valence-corrected chi connectivity index (χ1v) is 21.6. The van der Waals surface area contributed by atoms with Gasteiger partial charge in [-0.25, -0.2) is 13.2 Å². The Morgan fingerprint density at radius 3 is 2.42 bits per heavy atom. The highest BCUT2D eigenvalue weighted by Crippen LogP contribution is 2.48. The van der Waals surface area contributed by atoms with Crippen molar-refractivity contribution < 1.29 is 55.0 Å². The Labute approximate surface area is 348 Å². The Hall–Kier alpha value is -4.81. The van der Waals surface area contributed by atoms with E-state index in [1.807, 2.05) is 19.1 Å². The molecule has 2 aliphatic carbocycles. The number of pyridine rings is 1. The van der Waals surface area contributed by atoms with E-state index in [9.17, 15) is 40.8 Å². The summed E-state index contributed by atoms with van der Waals surface area (Å²) in [5.41, 5.74) is -4.54. The number of alkyl halides is 3. The standard InChI is InChI=1S/C41H55F3N6O9S/c1-23-11-9-10-12-26-21-40(26,36(53)48-60(55,56)39(5)15-16-39)47-33(51)30-20-28(58-34-29-14-13-27(57-8)18-25(29)19-31(45-34)49(6)7)22-50(30)35(52)32(24(2)17-23)46-37(54)59-38(3,4)41(42,43)44/h10,12-14,18-19,23-24,26,28,30,32H,9,11,15-17,20-22H2,1-8H3,(H,46,54)(H,47,51)(H,48,53)/b12-10-/t23-,24+,26+,28+,30-,32-,40+/m0/s1. The minimum Gasteiger partial charge on any atom is -0.497 e. The molecule has 0 unspecified atom stereocenters. The molecule has 1 aromatic carbocycles. The average molecular weight is 865 g/mol. The van der Waals surface area contributed by atoms with Gasteiger partial charge in [0.25, 0.3) is 5.91 Å². The van der Waals surface area contributed by atoms with E-state index in [-0.39, 0.29) is 31.2 Å². The number of benzene rings is 1. The van der Waals surface area contributed by atoms with E-state index in [1.54, 1.807) is 50.2 Å². The SMILES string of the molecule is COc1ccc2c(O[C@@H]3C[C@H]4C(=O)N[C@]5(C(=O)NS(=O)(=O)C6(C)CC6)C[C@H]5/C=C\CC[C@H](C)C[C@@H](C)[C@H](NC(=O)OC(C)(C)C(F)(F)F)C(=O)N4C3)nc(N(C)C)cc2c1. The van der Waals surface area contributed by atoms with Crippen LogP contribution in [0.5, 0.6) is 11.6 Å². The molecule has 0 spiro atoms. The molecular formula is C41H55F3N6O9S. The van der Waals surface area contributed by atoms with Crippen molar-refractivity contribution in [2.75, 3.05) is 32.6 Å². The molecule has 3 N–H and O–H groups in total. The minimum absolute atomic E-state index is 0.0432. The van der Waals surface area contributed by atoms with Gasteiger partial charge in [0, 0.05) is 31.8 Å². The normalized spacial score (nSPS) is 28.8. The van der Waals surface area contributed by atoms with Gasteiger partial charge in [0.1, 0.15) is 35.3 Å². The number of nitrogens with zero attached hydrogens (tertiary/aromatic N) is 3. The van der Waals surface area contributed by atoms with Crippen LogP contribution in [0, 0.1) is 17.8 Å². The molecule has 330 valence electrons. The van der Waals surface area contributed by atoms with E-state index in [0.29, 0.717) is 62.9 Å². The number of sulfonamides is 1. The summed E-state index contributed by atoms with van der Waals surface area (Å²) in [6, 6.07) is 4.36. The third-order valence-electron chi connectivity index (χ3n) is 12.3. The number of amides is 4. The first-order valence-electron chi connectivity index (χ1n) is 20.2. The zero-order chi connectivity index (χ0) is 44.2. The van der Waals surface area contributed by atoms with Crippen LogP contribution in [0.1, 0.15) is 79.6 Å². The third kappa shape index (κ3) is 9.10. The highest BCUT2D eigenvalue weighted by molar-refractivity contribution is 7.91. The molecule has 15 nitrogen and oxygen atoms in total. The summed E-state index contributed by atoms with van der Waals surface area (Å²) in [4.78, 5) is 64.3. The van der Waals surface area contributed by atoms with Gasteiger partial charge in [-0.3, -0.25) is 19.1 Å². The molecule has 3 heterocycles. The molecule has 2 saturated carbocycles. The summed E-state index contributed by atoms with van der Waals surface area (Å²) in [5.74, 6) is -2.39. The number of nitrogens with one attached hydrogen (secondary N) is 3. The molecule has 3 fully saturated rings. The minimum atomic E-state index is -4.92. The van der Waals surface area contributed by atoms with E-state index < -0.39 is 85.9 Å². The fourth-order valence-electron chi connectivity index (χ4n) is 7.84. The summed E-state index contributed by atoms with van der Waals surface area (Å²) < 4.78 is 85.7. The number of ether oxygens (including phenoxy) is 3. The van der Waals surface area contributed by atoms with E-state index in [0.717, 1.165) is 5.39 Å². The summed E-state index contributed by atoms with van der Waals surface area (Å²) >= 11 is 0. The van der Waals surface area contributed by atoms with Gasteiger partial charge in [0.05, 0.1) is 18.4 Å². The fraction of sp³-hybridized carbons (Fsp3) is 0.634. The number of methoxy groups -OCH3 is 1. The molecule has 1 aromatic heterocycles. The van der Waals surface area contributed by atoms with Crippen molar-refractivity contribution in [3.63, 3.8) is 0 Å². The lowest BCUT2D eigenvalue weighted by atomic mass is 9.88. The molecule has 60 heavy (non-hydrogen) atoms. The van der Waals surface area contributed by atoms with Gasteiger partial charge < -0.3 is 34.6 Å². The van der Waals surface area contributed by atoms with Crippen molar-refractivity contribution in [3.05, 3.63) is 36.4 Å². The highest BCUT2D eigenvalue weighted by Gasteiger charge is 2.63. The molecule has 7 atom stereocenters. The Bertz CT molecular complexity index is 2160. The van der Waals surface area contributed by atoms with E-state index in [4.69, 9.17) is 19.2 Å². The lowest BCUT2D eigenvalue weighted by Gasteiger charge is -2.34. The molecule has 19 heteroatoms. The van der Waals surface area contributed by atoms with Gasteiger partial charge in [-0.1, -0.05) is 26.0 Å². The topological polar surface area (TPSA) is 186 Å². The van der Waals surface area contributed by atoms with Crippen LogP contribution in [0.4, 0.5) is 23.8 Å². The van der Waals surface area contributed by atoms with E-state index >= 15 is 0 Å². The average Bonchev–Trinajstić information content (AvgIpc) is 4.04. The first-order chi connectivity index (χ1) is 27.9. The number of anilines is 1. The van der Waals surface area contributed by atoms with Crippen LogP contribution in [-0.4, -0.2) is 110 Å². The molecule has 0 radical (unpaired) electrons. The molecule has 2 aliphatic heterocycles. The second-order valence-electron chi connectivity index (χ2n) is 17.7. The number of alkyl carbamates (subject to hydrolysis) is 1. The number of halogens is 3. The number of carbonyl (C=O) groups excluding carboxylic acids is 4. The maximum Gasteiger partial charge on any atom is 0.427 e. The molecular weight excluding hydrogens is 810 g/mol. The van der Waals surface area contributed by atoms with E-state index in [1.165, 1.54) is 18.9 Å². The predicted octanol–water partition coefficient (Wildman–Crippen LogP) is 4.98. The van der Waals surface area contributed by atoms with Crippen LogP contribution >= 0.6 is 0 Å². The largest absolute Gasteiger partial charge is 0.497 e. The third-order valence-corrected chi connectivity index (χ3v) is 14.4. The second-order valence-corrected chi connectivity index (χ2v) is 19.9. The molecule has 1 saturated heterocycles. The number of carbonyl (C=O) groups is 4. The summed E-state index contributed by atoms with van der Waals surface area (Å²) in [6.45, 7) is 6.33. The summed E-state index contributed by atoms with van der Waals surface area (Å²) in [7, 11) is 1.05. The Balaban J connectivity index is 1.38. The molecule has 2 aromatic rings. The smallest absolute Gasteiger partial charge is 0.427 e. The van der Waals surface area contributed by atoms with Crippen molar-refractivity contribution in [2.45, 2.75) is 120 Å². The number of hydrogen-bond acceptors (Lipinski definition) is 11. The zero-order valence-electron chi connectivity index (χ0n) is 35.1. The zero-order valence-corrected chi connectivity index (χ0v) is 36.0. The number of fused-ring (bicyclic) bond motifs is 3. The number of hydrogen-bond donors (Lipinski definition) is 3. The van der Waals surface area contributed by atoms with Gasteiger partial charge in [0.2, 0.25) is 33.3 Å². The van der Waals surface area contributed by atoms with Crippen LogP contribution in [0.3, 0.4) is 0 Å². The Kier molecular flexibility index (Phi) is 12.1. The van der Waals surface area contributed by atoms with Crippen molar-refractivity contribution in [1.29, 1.82) is 0 Å². The number of allylic oxidation sites excluding steroid dienone is 1. The monoisotopic (exact) mass is 864 g/mol. The van der Waals surface area contributed by atoms with Gasteiger partial charge in [0.15, 0.2) is 0 Å². The van der Waals surface area contributed by atoms with Crippen LogP contribution in [0.2, 0.25) is 0 Å². The van der Waals surface area contributed by atoms with E-state index in [2.05, 4.69) is 15.4 Å². The number of aromatic nitrogens is 1. The molecule has 0 bridgehead atoms. The lowest BCUT2D eigenvalue weighted by molar-refractivity contribution is -0.244. The van der Waals surface area contributed by atoms with Crippen LogP contribution in [-0.2, 0) is 29.1 Å². The lowest BCUT2D eigenvalue weighted by Crippen LogP contribution is -2.59. The molecule has 4 amide bonds.